The largest absolute Gasteiger partial charge is 0.365 e. The van der Waals surface area contributed by atoms with Gasteiger partial charge in [-0.15, -0.1) is 10.2 Å². The average molecular weight is 188 g/mol. The number of nitrogens with two attached hydrogens (primary N) is 1. The van der Waals surface area contributed by atoms with Crippen LogP contribution in [0.1, 0.15) is 5.56 Å². The number of primary amides is 1. The molecule has 0 spiro atoms. The van der Waals surface area contributed by atoms with Crippen molar-refractivity contribution in [2.24, 2.45) is 21.0 Å². The Morgan fingerprint density at radius 3 is 2.50 bits per heavy atom. The lowest BCUT2D eigenvalue weighted by Gasteiger charge is -2.16. The summed E-state index contributed by atoms with van der Waals surface area (Å²) >= 11 is 0. The number of aliphatic imine (C=N–C) groups is 1. The highest BCUT2D eigenvalue weighted by atomic mass is 16.2. The lowest BCUT2D eigenvalue weighted by Crippen LogP contribution is -2.36. The third kappa shape index (κ3) is 1.10. The molecule has 1 aliphatic rings. The number of carbonyl (C=O) groups is 1. The van der Waals surface area contributed by atoms with E-state index in [0.29, 0.717) is 5.56 Å². The standard InChI is InChI=1S/C9H8N4O/c10-8(14)9(11-6-12-13-9)7-4-2-1-3-5-7/h1-6H,(H2,10,14). The summed E-state index contributed by atoms with van der Waals surface area (Å²) in [7, 11) is 0. The van der Waals surface area contributed by atoms with Crippen LogP contribution in [0.25, 0.3) is 0 Å². The van der Waals surface area contributed by atoms with Gasteiger partial charge in [0, 0.05) is 5.56 Å². The van der Waals surface area contributed by atoms with Gasteiger partial charge in [-0.3, -0.25) is 4.79 Å². The van der Waals surface area contributed by atoms with E-state index in [1.807, 2.05) is 6.07 Å². The van der Waals surface area contributed by atoms with Crippen molar-refractivity contribution in [1.82, 2.24) is 0 Å². The second-order valence-corrected chi connectivity index (χ2v) is 2.86. The van der Waals surface area contributed by atoms with Crippen LogP contribution in [0.4, 0.5) is 0 Å². The van der Waals surface area contributed by atoms with Crippen molar-refractivity contribution in [2.75, 3.05) is 0 Å². The van der Waals surface area contributed by atoms with Crippen LogP contribution in [-0.4, -0.2) is 12.2 Å². The van der Waals surface area contributed by atoms with Gasteiger partial charge in [0.25, 0.3) is 11.6 Å². The molecule has 0 fully saturated rings. The highest BCUT2D eigenvalue weighted by Gasteiger charge is 2.40. The molecule has 2 rings (SSSR count). The van der Waals surface area contributed by atoms with Crippen molar-refractivity contribution in [1.29, 1.82) is 0 Å². The van der Waals surface area contributed by atoms with Crippen LogP contribution in [0.3, 0.4) is 0 Å². The molecule has 1 amide bonds. The first kappa shape index (κ1) is 8.55. The summed E-state index contributed by atoms with van der Waals surface area (Å²) in [6.07, 6.45) is 1.23. The van der Waals surface area contributed by atoms with Crippen molar-refractivity contribution < 1.29 is 4.79 Å². The molecule has 1 aliphatic heterocycles. The van der Waals surface area contributed by atoms with E-state index in [2.05, 4.69) is 15.2 Å². The average Bonchev–Trinajstić information content (AvgIpc) is 2.69. The molecule has 1 aromatic rings. The quantitative estimate of drug-likeness (QED) is 0.732. The molecular formula is C9H8N4O. The van der Waals surface area contributed by atoms with E-state index in [1.165, 1.54) is 6.34 Å². The second kappa shape index (κ2) is 3.02. The molecule has 0 bridgehead atoms. The normalized spacial score (nSPS) is 24.0. The van der Waals surface area contributed by atoms with Crippen LogP contribution < -0.4 is 5.73 Å². The molecule has 0 radical (unpaired) electrons. The summed E-state index contributed by atoms with van der Waals surface area (Å²) in [4.78, 5) is 15.2. The van der Waals surface area contributed by atoms with Gasteiger partial charge >= 0.3 is 0 Å². The van der Waals surface area contributed by atoms with Crippen molar-refractivity contribution in [3.63, 3.8) is 0 Å². The zero-order valence-corrected chi connectivity index (χ0v) is 7.29. The fraction of sp³-hybridized carbons (Fsp3) is 0.111. The minimum Gasteiger partial charge on any atom is -0.365 e. The fourth-order valence-corrected chi connectivity index (χ4v) is 1.30. The van der Waals surface area contributed by atoms with E-state index in [4.69, 9.17) is 5.73 Å². The third-order valence-electron chi connectivity index (χ3n) is 2.02. The molecule has 1 heterocycles. The summed E-state index contributed by atoms with van der Waals surface area (Å²) < 4.78 is 0. The van der Waals surface area contributed by atoms with Crippen LogP contribution in [0.15, 0.2) is 45.6 Å². The monoisotopic (exact) mass is 188 g/mol. The minimum absolute atomic E-state index is 0.624. The number of rotatable bonds is 2. The van der Waals surface area contributed by atoms with Gasteiger partial charge in [0.2, 0.25) is 0 Å². The lowest BCUT2D eigenvalue weighted by atomic mass is 10.0. The van der Waals surface area contributed by atoms with E-state index in [-0.39, 0.29) is 0 Å². The van der Waals surface area contributed by atoms with Gasteiger partial charge in [-0.25, -0.2) is 4.99 Å². The molecule has 0 saturated heterocycles. The fourth-order valence-electron chi connectivity index (χ4n) is 1.30. The number of nitrogens with zero attached hydrogens (tertiary/aromatic N) is 3. The maximum atomic E-state index is 11.3. The molecule has 14 heavy (non-hydrogen) atoms. The lowest BCUT2D eigenvalue weighted by molar-refractivity contribution is -0.123. The zero-order chi connectivity index (χ0) is 10.0. The van der Waals surface area contributed by atoms with Gasteiger partial charge in [-0.2, -0.15) is 0 Å². The maximum Gasteiger partial charge on any atom is 0.275 e. The number of hydrogen-bond donors (Lipinski definition) is 1. The van der Waals surface area contributed by atoms with Crippen LogP contribution >= 0.6 is 0 Å². The Morgan fingerprint density at radius 1 is 1.29 bits per heavy atom. The van der Waals surface area contributed by atoms with Crippen molar-refractivity contribution >= 4 is 12.2 Å². The predicted molar refractivity (Wildman–Crippen MR) is 50.7 cm³/mol. The predicted octanol–water partition coefficient (Wildman–Crippen LogP) is 0.819. The van der Waals surface area contributed by atoms with Gasteiger partial charge in [-0.1, -0.05) is 30.3 Å². The van der Waals surface area contributed by atoms with Crippen LogP contribution in [0.5, 0.6) is 0 Å². The van der Waals surface area contributed by atoms with E-state index in [0.717, 1.165) is 0 Å². The molecular weight excluding hydrogens is 180 g/mol. The molecule has 0 aliphatic carbocycles. The SMILES string of the molecule is NC(=O)C1(c2ccccc2)N=CN=N1. The Kier molecular flexibility index (Phi) is 1.85. The molecule has 5 nitrogen and oxygen atoms in total. The summed E-state index contributed by atoms with van der Waals surface area (Å²) in [5.41, 5.74) is 4.54. The molecule has 0 saturated carbocycles. The minimum atomic E-state index is -1.35. The van der Waals surface area contributed by atoms with Crippen LogP contribution in [-0.2, 0) is 10.5 Å². The highest BCUT2D eigenvalue weighted by Crippen LogP contribution is 2.29. The Bertz CT molecular complexity index is 398. The Balaban J connectivity index is 2.54. The van der Waals surface area contributed by atoms with Gasteiger partial charge in [-0.05, 0) is 0 Å². The number of benzene rings is 1. The Hall–Kier alpha value is -2.04. The summed E-state index contributed by atoms with van der Waals surface area (Å²) in [6.45, 7) is 0. The molecule has 1 unspecified atom stereocenters. The smallest absolute Gasteiger partial charge is 0.275 e. The van der Waals surface area contributed by atoms with Crippen LogP contribution in [0, 0.1) is 0 Å². The Morgan fingerprint density at radius 2 is 2.00 bits per heavy atom. The summed E-state index contributed by atoms with van der Waals surface area (Å²) in [6, 6.07) is 8.92. The van der Waals surface area contributed by atoms with Crippen molar-refractivity contribution in [3.05, 3.63) is 35.9 Å². The maximum absolute atomic E-state index is 11.3. The number of carbonyl (C=O) groups excluding carboxylic acids is 1. The van der Waals surface area contributed by atoms with E-state index >= 15 is 0 Å². The number of amides is 1. The molecule has 5 heteroatoms. The van der Waals surface area contributed by atoms with Gasteiger partial charge in [0.05, 0.1) is 0 Å². The van der Waals surface area contributed by atoms with Crippen LogP contribution in [0.2, 0.25) is 0 Å². The molecule has 1 atom stereocenters. The number of hydrogen-bond acceptors (Lipinski definition) is 4. The van der Waals surface area contributed by atoms with E-state index in [9.17, 15) is 4.79 Å². The van der Waals surface area contributed by atoms with Crippen molar-refractivity contribution in [2.45, 2.75) is 5.66 Å². The van der Waals surface area contributed by atoms with Gasteiger partial charge in [0.1, 0.15) is 6.34 Å². The molecule has 2 N–H and O–H groups in total. The topological polar surface area (TPSA) is 80.2 Å². The molecule has 0 aromatic heterocycles. The first-order valence-corrected chi connectivity index (χ1v) is 4.07. The first-order valence-electron chi connectivity index (χ1n) is 4.07. The highest BCUT2D eigenvalue weighted by molar-refractivity contribution is 5.88. The number of azo groups is 1. The van der Waals surface area contributed by atoms with E-state index < -0.39 is 11.6 Å². The second-order valence-electron chi connectivity index (χ2n) is 2.86. The molecule has 1 aromatic carbocycles. The first-order chi connectivity index (χ1) is 6.76. The van der Waals surface area contributed by atoms with E-state index in [1.54, 1.807) is 24.3 Å². The summed E-state index contributed by atoms with van der Waals surface area (Å²) in [5, 5.41) is 7.33. The van der Waals surface area contributed by atoms with Gasteiger partial charge in [0.15, 0.2) is 0 Å². The van der Waals surface area contributed by atoms with Gasteiger partial charge < -0.3 is 5.73 Å². The zero-order valence-electron chi connectivity index (χ0n) is 7.29. The third-order valence-corrected chi connectivity index (χ3v) is 2.02. The Labute approximate surface area is 80.4 Å². The summed E-state index contributed by atoms with van der Waals surface area (Å²) in [5.74, 6) is -0.624. The van der Waals surface area contributed by atoms with Crippen molar-refractivity contribution in [3.8, 4) is 0 Å². The molecule has 70 valence electrons.